The van der Waals surface area contributed by atoms with Crippen molar-refractivity contribution in [3.8, 4) is 0 Å². The number of hydrogen-bond acceptors (Lipinski definition) is 4. The van der Waals surface area contributed by atoms with Gasteiger partial charge < -0.3 is 9.80 Å². The number of likely N-dealkylation sites (tertiary alicyclic amines) is 1. The van der Waals surface area contributed by atoms with E-state index in [1.165, 1.54) is 0 Å². The highest BCUT2D eigenvalue weighted by Crippen LogP contribution is 2.21. The lowest BCUT2D eigenvalue weighted by Crippen LogP contribution is -2.48. The second kappa shape index (κ2) is 8.06. The zero-order valence-electron chi connectivity index (χ0n) is 15.7. The lowest BCUT2D eigenvalue weighted by Gasteiger charge is -2.33. The number of nitrogens with zero attached hydrogens (tertiary/aromatic N) is 3. The predicted octanol–water partition coefficient (Wildman–Crippen LogP) is 1.88. The number of piperidine rings is 1. The molecule has 7 heteroatoms. The van der Waals surface area contributed by atoms with E-state index in [2.05, 4.69) is 18.7 Å². The summed E-state index contributed by atoms with van der Waals surface area (Å²) in [5.41, 5.74) is 0.564. The minimum absolute atomic E-state index is 0.00240. The van der Waals surface area contributed by atoms with Crippen molar-refractivity contribution < 1.29 is 13.2 Å². The van der Waals surface area contributed by atoms with E-state index in [0.717, 1.165) is 45.6 Å². The molecule has 2 fully saturated rings. The molecular weight excluding hydrogens is 350 g/mol. The first kappa shape index (κ1) is 19.3. The van der Waals surface area contributed by atoms with Crippen LogP contribution < -0.4 is 0 Å². The van der Waals surface area contributed by atoms with Gasteiger partial charge in [-0.25, -0.2) is 8.42 Å². The van der Waals surface area contributed by atoms with E-state index in [9.17, 15) is 13.2 Å². The fourth-order valence-corrected chi connectivity index (χ4v) is 5.02. The van der Waals surface area contributed by atoms with Crippen LogP contribution in [0.3, 0.4) is 0 Å². The van der Waals surface area contributed by atoms with Crippen LogP contribution in [0.15, 0.2) is 29.2 Å². The maximum Gasteiger partial charge on any atom is 0.253 e. The normalized spacial score (nSPS) is 21.1. The fraction of sp³-hybridized carbons (Fsp3) is 0.632. The third-order valence-electron chi connectivity index (χ3n) is 5.59. The molecule has 1 aromatic rings. The number of piperazine rings is 1. The number of carbonyl (C=O) groups excluding carboxylic acids is 1. The Morgan fingerprint density at radius 3 is 2.12 bits per heavy atom. The number of hydrogen-bond donors (Lipinski definition) is 0. The van der Waals surface area contributed by atoms with Crippen LogP contribution in [0.2, 0.25) is 0 Å². The molecule has 2 aliphatic rings. The largest absolute Gasteiger partial charge is 0.339 e. The van der Waals surface area contributed by atoms with Gasteiger partial charge in [0, 0.05) is 44.8 Å². The Morgan fingerprint density at radius 2 is 1.58 bits per heavy atom. The van der Waals surface area contributed by atoms with Crippen LogP contribution in [-0.4, -0.2) is 74.2 Å². The predicted molar refractivity (Wildman–Crippen MR) is 102 cm³/mol. The summed E-state index contributed by atoms with van der Waals surface area (Å²) in [6.45, 7) is 9.36. The fourth-order valence-electron chi connectivity index (χ4n) is 3.60. The van der Waals surface area contributed by atoms with Crippen LogP contribution in [-0.2, 0) is 10.0 Å². The van der Waals surface area contributed by atoms with Gasteiger partial charge in [0.15, 0.2) is 0 Å². The molecule has 3 rings (SSSR count). The van der Waals surface area contributed by atoms with Gasteiger partial charge in [-0.3, -0.25) is 4.79 Å². The van der Waals surface area contributed by atoms with Gasteiger partial charge in [0.25, 0.3) is 5.91 Å². The quantitative estimate of drug-likeness (QED) is 0.801. The third kappa shape index (κ3) is 4.10. The van der Waals surface area contributed by atoms with Crippen LogP contribution in [0.5, 0.6) is 0 Å². The summed E-state index contributed by atoms with van der Waals surface area (Å²) in [4.78, 5) is 17.0. The third-order valence-corrected chi connectivity index (χ3v) is 7.50. The number of likely N-dealkylation sites (N-methyl/N-ethyl adjacent to an activating group) is 1. The molecule has 26 heavy (non-hydrogen) atoms. The molecule has 144 valence electrons. The van der Waals surface area contributed by atoms with E-state index in [0.29, 0.717) is 24.6 Å². The summed E-state index contributed by atoms with van der Waals surface area (Å²) in [7, 11) is -3.49. The van der Waals surface area contributed by atoms with E-state index in [4.69, 9.17) is 0 Å². The van der Waals surface area contributed by atoms with Crippen molar-refractivity contribution in [2.24, 2.45) is 5.92 Å². The van der Waals surface area contributed by atoms with Gasteiger partial charge in [0.05, 0.1) is 4.90 Å². The average Bonchev–Trinajstić information content (AvgIpc) is 2.68. The van der Waals surface area contributed by atoms with E-state index in [1.54, 1.807) is 28.6 Å². The summed E-state index contributed by atoms with van der Waals surface area (Å²) >= 11 is 0. The van der Waals surface area contributed by atoms with Crippen molar-refractivity contribution in [3.63, 3.8) is 0 Å². The standard InChI is InChI=1S/C19H29N3O3S/c1-3-20-12-14-22(15-13-20)26(24,25)18-6-4-17(5-7-18)19(23)21-10-8-16(2)9-11-21/h4-7,16H,3,8-15H2,1-2H3. The first-order chi connectivity index (χ1) is 12.4. The number of amides is 1. The molecule has 0 N–H and O–H groups in total. The molecule has 1 aromatic carbocycles. The maximum absolute atomic E-state index is 12.8. The molecule has 2 saturated heterocycles. The van der Waals surface area contributed by atoms with Crippen LogP contribution >= 0.6 is 0 Å². The molecule has 0 atom stereocenters. The van der Waals surface area contributed by atoms with Crippen molar-refractivity contribution in [2.75, 3.05) is 45.8 Å². The molecule has 2 aliphatic heterocycles. The van der Waals surface area contributed by atoms with Gasteiger partial charge in [-0.1, -0.05) is 13.8 Å². The van der Waals surface area contributed by atoms with Gasteiger partial charge in [-0.2, -0.15) is 4.31 Å². The zero-order chi connectivity index (χ0) is 18.7. The Labute approximate surface area is 156 Å². The maximum atomic E-state index is 12.8. The molecule has 0 saturated carbocycles. The summed E-state index contributed by atoms with van der Waals surface area (Å²) in [6.07, 6.45) is 2.06. The second-order valence-corrected chi connectivity index (χ2v) is 9.28. The van der Waals surface area contributed by atoms with Crippen LogP contribution in [0.25, 0.3) is 0 Å². The summed E-state index contributed by atoms with van der Waals surface area (Å²) in [5, 5.41) is 0. The first-order valence-electron chi connectivity index (χ1n) is 9.53. The minimum Gasteiger partial charge on any atom is -0.339 e. The van der Waals surface area contributed by atoms with Crippen LogP contribution in [0, 0.1) is 5.92 Å². The molecule has 6 nitrogen and oxygen atoms in total. The smallest absolute Gasteiger partial charge is 0.253 e. The van der Waals surface area contributed by atoms with Gasteiger partial charge in [0.1, 0.15) is 0 Å². The highest BCUT2D eigenvalue weighted by atomic mass is 32.2. The molecule has 0 bridgehead atoms. The van der Waals surface area contributed by atoms with Crippen LogP contribution in [0.4, 0.5) is 0 Å². The number of carbonyl (C=O) groups is 1. The lowest BCUT2D eigenvalue weighted by atomic mass is 9.98. The molecule has 0 radical (unpaired) electrons. The van der Waals surface area contributed by atoms with E-state index >= 15 is 0 Å². The second-order valence-electron chi connectivity index (χ2n) is 7.34. The molecule has 0 unspecified atom stereocenters. The number of sulfonamides is 1. The van der Waals surface area contributed by atoms with Crippen molar-refractivity contribution >= 4 is 15.9 Å². The molecular formula is C19H29N3O3S. The number of benzene rings is 1. The minimum atomic E-state index is -3.49. The highest BCUT2D eigenvalue weighted by molar-refractivity contribution is 7.89. The Hall–Kier alpha value is -1.44. The molecule has 2 heterocycles. The van der Waals surface area contributed by atoms with E-state index in [1.807, 2.05) is 4.90 Å². The van der Waals surface area contributed by atoms with Crippen molar-refractivity contribution in [3.05, 3.63) is 29.8 Å². The van der Waals surface area contributed by atoms with E-state index < -0.39 is 10.0 Å². The summed E-state index contributed by atoms with van der Waals surface area (Å²) in [5.74, 6) is 0.664. The first-order valence-corrected chi connectivity index (χ1v) is 11.0. The van der Waals surface area contributed by atoms with Crippen molar-refractivity contribution in [1.82, 2.24) is 14.1 Å². The zero-order valence-corrected chi connectivity index (χ0v) is 16.5. The van der Waals surface area contributed by atoms with Crippen molar-refractivity contribution in [2.45, 2.75) is 31.6 Å². The van der Waals surface area contributed by atoms with E-state index in [-0.39, 0.29) is 10.8 Å². The summed E-state index contributed by atoms with van der Waals surface area (Å²) < 4.78 is 27.2. The van der Waals surface area contributed by atoms with Gasteiger partial charge >= 0.3 is 0 Å². The summed E-state index contributed by atoms with van der Waals surface area (Å²) in [6, 6.07) is 6.44. The van der Waals surface area contributed by atoms with Gasteiger partial charge in [-0.05, 0) is 49.6 Å². The van der Waals surface area contributed by atoms with Crippen molar-refractivity contribution in [1.29, 1.82) is 0 Å². The molecule has 0 aliphatic carbocycles. The highest BCUT2D eigenvalue weighted by Gasteiger charge is 2.28. The monoisotopic (exact) mass is 379 g/mol. The van der Waals surface area contributed by atoms with Crippen LogP contribution in [0.1, 0.15) is 37.0 Å². The molecule has 0 spiro atoms. The molecule has 0 aromatic heterocycles. The average molecular weight is 380 g/mol. The lowest BCUT2D eigenvalue weighted by molar-refractivity contribution is 0.0697. The Balaban J connectivity index is 1.68. The van der Waals surface area contributed by atoms with Gasteiger partial charge in [-0.15, -0.1) is 0 Å². The Bertz CT molecular complexity index is 717. The topological polar surface area (TPSA) is 60.9 Å². The number of rotatable bonds is 4. The van der Waals surface area contributed by atoms with Gasteiger partial charge in [0.2, 0.25) is 10.0 Å². The molecule has 1 amide bonds. The Morgan fingerprint density at radius 1 is 1.00 bits per heavy atom. The SMILES string of the molecule is CCN1CCN(S(=O)(=O)c2ccc(C(=O)N3CCC(C)CC3)cc2)CC1. The Kier molecular flexibility index (Phi) is 5.99.